The highest BCUT2D eigenvalue weighted by molar-refractivity contribution is 5.84. The maximum Gasteiger partial charge on any atom is 0.226 e. The number of rotatable bonds is 1. The van der Waals surface area contributed by atoms with Crippen LogP contribution in [0, 0.1) is 11.8 Å². The van der Waals surface area contributed by atoms with E-state index in [4.69, 9.17) is 0 Å². The summed E-state index contributed by atoms with van der Waals surface area (Å²) in [5.41, 5.74) is 2.13. The van der Waals surface area contributed by atoms with E-state index in [1.807, 2.05) is 11.8 Å². The van der Waals surface area contributed by atoms with E-state index in [0.717, 1.165) is 32.2 Å². The number of fused-ring (bicyclic) bond motifs is 3. The first-order valence-electron chi connectivity index (χ1n) is 8.16. The van der Waals surface area contributed by atoms with Crippen LogP contribution in [0.15, 0.2) is 24.3 Å². The molecular weight excluding hydrogens is 262 g/mol. The average Bonchev–Trinajstić information content (AvgIpc) is 3.20. The maximum absolute atomic E-state index is 12.8. The van der Waals surface area contributed by atoms with E-state index < -0.39 is 5.60 Å². The number of carbonyl (C=O) groups excluding carboxylic acids is 1. The van der Waals surface area contributed by atoms with E-state index in [9.17, 15) is 9.90 Å². The molecule has 1 saturated heterocycles. The van der Waals surface area contributed by atoms with E-state index in [2.05, 4.69) is 24.3 Å². The first-order chi connectivity index (χ1) is 10.1. The molecule has 0 spiro atoms. The second-order valence-corrected chi connectivity index (χ2v) is 7.31. The first-order valence-corrected chi connectivity index (χ1v) is 8.16. The van der Waals surface area contributed by atoms with Gasteiger partial charge in [0.05, 0.1) is 5.60 Å². The van der Waals surface area contributed by atoms with Crippen molar-refractivity contribution in [1.29, 1.82) is 0 Å². The monoisotopic (exact) mass is 285 g/mol. The van der Waals surface area contributed by atoms with Crippen LogP contribution in [0.25, 0.3) is 0 Å². The third-order valence-corrected chi connectivity index (χ3v) is 5.60. The number of benzene rings is 1. The third-order valence-electron chi connectivity index (χ3n) is 5.60. The van der Waals surface area contributed by atoms with Gasteiger partial charge < -0.3 is 10.0 Å². The van der Waals surface area contributed by atoms with Gasteiger partial charge in [0.1, 0.15) is 0 Å². The Labute approximate surface area is 126 Å². The van der Waals surface area contributed by atoms with Gasteiger partial charge in [0.25, 0.3) is 0 Å². The fourth-order valence-corrected chi connectivity index (χ4v) is 4.52. The standard InChI is InChI=1S/C18H23NO2/c1-18(21)9-4-10-19(11-18)17(20)16-14-8-7-12-5-2-3-6-13(12)15(14)16/h2-3,5-6,14-16,21H,4,7-11H2,1H3. The summed E-state index contributed by atoms with van der Waals surface area (Å²) >= 11 is 0. The largest absolute Gasteiger partial charge is 0.388 e. The van der Waals surface area contributed by atoms with Crippen molar-refractivity contribution < 1.29 is 9.90 Å². The highest BCUT2D eigenvalue weighted by Gasteiger charge is 2.58. The van der Waals surface area contributed by atoms with E-state index in [0.29, 0.717) is 18.4 Å². The van der Waals surface area contributed by atoms with E-state index in [1.54, 1.807) is 0 Å². The number of hydrogen-bond donors (Lipinski definition) is 1. The van der Waals surface area contributed by atoms with Crippen LogP contribution in [-0.4, -0.2) is 34.6 Å². The lowest BCUT2D eigenvalue weighted by Gasteiger charge is -2.37. The van der Waals surface area contributed by atoms with Gasteiger partial charge in [0.2, 0.25) is 5.91 Å². The minimum Gasteiger partial charge on any atom is -0.388 e. The van der Waals surface area contributed by atoms with Gasteiger partial charge in [-0.2, -0.15) is 0 Å². The summed E-state index contributed by atoms with van der Waals surface area (Å²) in [6, 6.07) is 8.59. The van der Waals surface area contributed by atoms with E-state index in [-0.39, 0.29) is 11.8 Å². The van der Waals surface area contributed by atoms with Crippen LogP contribution in [0.3, 0.4) is 0 Å². The number of piperidine rings is 1. The summed E-state index contributed by atoms with van der Waals surface area (Å²) < 4.78 is 0. The summed E-state index contributed by atoms with van der Waals surface area (Å²) in [4.78, 5) is 14.8. The van der Waals surface area contributed by atoms with Crippen LogP contribution < -0.4 is 0 Å². The second kappa shape index (κ2) is 4.57. The number of amides is 1. The first kappa shape index (κ1) is 13.3. The van der Waals surface area contributed by atoms with Crippen molar-refractivity contribution in [1.82, 2.24) is 4.90 Å². The molecule has 1 saturated carbocycles. The molecule has 21 heavy (non-hydrogen) atoms. The molecule has 1 amide bonds. The molecule has 4 atom stereocenters. The lowest BCUT2D eigenvalue weighted by molar-refractivity contribution is -0.139. The van der Waals surface area contributed by atoms with Crippen LogP contribution in [0.2, 0.25) is 0 Å². The van der Waals surface area contributed by atoms with Crippen molar-refractivity contribution in [2.75, 3.05) is 13.1 Å². The molecule has 4 rings (SSSR count). The highest BCUT2D eigenvalue weighted by Crippen LogP contribution is 2.60. The van der Waals surface area contributed by atoms with Gasteiger partial charge >= 0.3 is 0 Å². The zero-order valence-electron chi connectivity index (χ0n) is 12.6. The van der Waals surface area contributed by atoms with Crippen LogP contribution in [0.4, 0.5) is 0 Å². The maximum atomic E-state index is 12.8. The summed E-state index contributed by atoms with van der Waals surface area (Å²) in [6.45, 7) is 3.16. The Hall–Kier alpha value is -1.35. The molecule has 1 N–H and O–H groups in total. The minimum atomic E-state index is -0.703. The SMILES string of the molecule is CC1(O)CCCN(C(=O)C2C3CCc4ccccc4C32)C1. The summed E-state index contributed by atoms with van der Waals surface area (Å²) in [6.07, 6.45) is 3.97. The average molecular weight is 285 g/mol. The molecule has 0 radical (unpaired) electrons. The fourth-order valence-electron chi connectivity index (χ4n) is 4.52. The number of nitrogens with zero attached hydrogens (tertiary/aromatic N) is 1. The number of aliphatic hydroxyl groups is 1. The number of β-amino-alcohol motifs (C(OH)–C–C–N with tert-alkyl or cyclic N) is 1. The minimum absolute atomic E-state index is 0.169. The van der Waals surface area contributed by atoms with Crippen molar-refractivity contribution in [2.45, 2.75) is 44.1 Å². The number of likely N-dealkylation sites (tertiary alicyclic amines) is 1. The molecule has 3 aliphatic rings. The van der Waals surface area contributed by atoms with Gasteiger partial charge in [0.15, 0.2) is 0 Å². The Morgan fingerprint density at radius 3 is 3.00 bits per heavy atom. The Kier molecular flexibility index (Phi) is 2.90. The van der Waals surface area contributed by atoms with Crippen LogP contribution in [0.1, 0.15) is 43.2 Å². The molecule has 0 aromatic heterocycles. The van der Waals surface area contributed by atoms with Gasteiger partial charge in [-0.25, -0.2) is 0 Å². The Morgan fingerprint density at radius 2 is 2.19 bits per heavy atom. The van der Waals surface area contributed by atoms with Crippen LogP contribution in [-0.2, 0) is 11.2 Å². The predicted molar refractivity (Wildman–Crippen MR) is 80.9 cm³/mol. The summed E-state index contributed by atoms with van der Waals surface area (Å²) in [5, 5.41) is 10.2. The Balaban J connectivity index is 1.53. The summed E-state index contributed by atoms with van der Waals surface area (Å²) in [5.74, 6) is 1.43. The zero-order valence-corrected chi connectivity index (χ0v) is 12.6. The van der Waals surface area contributed by atoms with Crippen LogP contribution >= 0.6 is 0 Å². The number of aryl methyl sites for hydroxylation is 1. The highest BCUT2D eigenvalue weighted by atomic mass is 16.3. The normalized spacial score (nSPS) is 37.6. The molecule has 0 bridgehead atoms. The van der Waals surface area contributed by atoms with Gasteiger partial charge in [-0.15, -0.1) is 0 Å². The Bertz CT molecular complexity index is 580. The van der Waals surface area contributed by atoms with E-state index in [1.165, 1.54) is 11.1 Å². The molecule has 1 aromatic rings. The van der Waals surface area contributed by atoms with Crippen LogP contribution in [0.5, 0.6) is 0 Å². The fraction of sp³-hybridized carbons (Fsp3) is 0.611. The van der Waals surface area contributed by atoms with Gasteiger partial charge in [-0.3, -0.25) is 4.79 Å². The number of hydrogen-bond acceptors (Lipinski definition) is 2. The molecular formula is C18H23NO2. The van der Waals surface area contributed by atoms with Gasteiger partial charge in [0, 0.05) is 19.0 Å². The van der Waals surface area contributed by atoms with Crippen molar-refractivity contribution in [2.24, 2.45) is 11.8 Å². The molecule has 3 nitrogen and oxygen atoms in total. The molecule has 2 fully saturated rings. The van der Waals surface area contributed by atoms with Gasteiger partial charge in [-0.1, -0.05) is 24.3 Å². The van der Waals surface area contributed by atoms with Crippen molar-refractivity contribution in [3.63, 3.8) is 0 Å². The molecule has 1 heterocycles. The lowest BCUT2D eigenvalue weighted by Crippen LogP contribution is -2.49. The van der Waals surface area contributed by atoms with E-state index >= 15 is 0 Å². The third kappa shape index (κ3) is 2.18. The predicted octanol–water partition coefficient (Wildman–Crippen LogP) is 2.34. The topological polar surface area (TPSA) is 40.5 Å². The Morgan fingerprint density at radius 1 is 1.38 bits per heavy atom. The molecule has 1 aliphatic heterocycles. The smallest absolute Gasteiger partial charge is 0.226 e. The quantitative estimate of drug-likeness (QED) is 0.860. The molecule has 112 valence electrons. The molecule has 3 heteroatoms. The van der Waals surface area contributed by atoms with Crippen molar-refractivity contribution in [3.8, 4) is 0 Å². The molecule has 2 aliphatic carbocycles. The lowest BCUT2D eigenvalue weighted by atomic mass is 9.92. The number of carbonyl (C=O) groups is 1. The van der Waals surface area contributed by atoms with Crippen molar-refractivity contribution >= 4 is 5.91 Å². The molecule has 4 unspecified atom stereocenters. The molecule has 1 aromatic carbocycles. The zero-order chi connectivity index (χ0) is 14.6. The summed E-state index contributed by atoms with van der Waals surface area (Å²) in [7, 11) is 0. The van der Waals surface area contributed by atoms with Gasteiger partial charge in [-0.05, 0) is 55.6 Å². The van der Waals surface area contributed by atoms with Crippen molar-refractivity contribution in [3.05, 3.63) is 35.4 Å². The second-order valence-electron chi connectivity index (χ2n) is 7.31.